The van der Waals surface area contributed by atoms with Crippen LogP contribution in [0.2, 0.25) is 0 Å². The highest BCUT2D eigenvalue weighted by Crippen LogP contribution is 2.21. The summed E-state index contributed by atoms with van der Waals surface area (Å²) < 4.78 is 4.24. The van der Waals surface area contributed by atoms with Gasteiger partial charge in [0.15, 0.2) is 0 Å². The second kappa shape index (κ2) is 10.3. The lowest BCUT2D eigenvalue weighted by Gasteiger charge is -2.34. The molecular formula is C27H34N6. The number of likely N-dealkylation sites (tertiary alicyclic amines) is 1. The van der Waals surface area contributed by atoms with Crippen LogP contribution < -0.4 is 0 Å². The molecule has 172 valence electrons. The fourth-order valence-electron chi connectivity index (χ4n) is 5.14. The van der Waals surface area contributed by atoms with Crippen molar-refractivity contribution in [2.75, 3.05) is 33.2 Å². The summed E-state index contributed by atoms with van der Waals surface area (Å²) in [6.07, 6.45) is 8.22. The van der Waals surface area contributed by atoms with Crippen LogP contribution in [0.15, 0.2) is 73.4 Å². The van der Waals surface area contributed by atoms with Crippen LogP contribution in [-0.2, 0) is 19.6 Å². The van der Waals surface area contributed by atoms with Crippen LogP contribution in [0.5, 0.6) is 0 Å². The Labute approximate surface area is 196 Å². The Morgan fingerprint density at radius 3 is 2.79 bits per heavy atom. The van der Waals surface area contributed by atoms with Crippen molar-refractivity contribution in [2.45, 2.75) is 32.5 Å². The molecule has 0 N–H and O–H groups in total. The highest BCUT2D eigenvalue weighted by Gasteiger charge is 2.21. The lowest BCUT2D eigenvalue weighted by Crippen LogP contribution is -2.40. The number of fused-ring (bicyclic) bond motifs is 1. The number of hydrogen-bond donors (Lipinski definition) is 0. The maximum Gasteiger partial charge on any atom is 0.137 e. The Kier molecular flexibility index (Phi) is 6.84. The van der Waals surface area contributed by atoms with Crippen LogP contribution in [0.4, 0.5) is 0 Å². The first-order chi connectivity index (χ1) is 16.2. The SMILES string of the molecule is CN(CCn1ccc2cc(Cn3cncn3)ccc21)CC1CCCN(Cc2ccccc2)C1. The number of aromatic nitrogens is 4. The van der Waals surface area contributed by atoms with E-state index in [0.29, 0.717) is 0 Å². The molecule has 0 bridgehead atoms. The van der Waals surface area contributed by atoms with E-state index in [0.717, 1.165) is 32.1 Å². The summed E-state index contributed by atoms with van der Waals surface area (Å²) in [4.78, 5) is 9.18. The zero-order chi connectivity index (χ0) is 22.5. The van der Waals surface area contributed by atoms with Gasteiger partial charge in [-0.1, -0.05) is 36.4 Å². The summed E-state index contributed by atoms with van der Waals surface area (Å²) in [5, 5.41) is 5.50. The monoisotopic (exact) mass is 442 g/mol. The number of benzene rings is 2. The molecule has 1 fully saturated rings. The third kappa shape index (κ3) is 5.70. The van der Waals surface area contributed by atoms with E-state index in [1.54, 1.807) is 12.7 Å². The van der Waals surface area contributed by atoms with Crippen molar-refractivity contribution >= 4 is 10.9 Å². The predicted molar refractivity (Wildman–Crippen MR) is 133 cm³/mol. The van der Waals surface area contributed by atoms with Crippen LogP contribution in [0.1, 0.15) is 24.0 Å². The first kappa shape index (κ1) is 21.9. The second-order valence-corrected chi connectivity index (χ2v) is 9.49. The molecular weight excluding hydrogens is 408 g/mol. The Morgan fingerprint density at radius 1 is 1.03 bits per heavy atom. The molecule has 0 saturated carbocycles. The maximum absolute atomic E-state index is 4.21. The van der Waals surface area contributed by atoms with Gasteiger partial charge in [-0.05, 0) is 67.1 Å². The molecule has 3 heterocycles. The van der Waals surface area contributed by atoms with Gasteiger partial charge in [-0.25, -0.2) is 9.67 Å². The Bertz CT molecular complexity index is 1130. The average Bonchev–Trinajstić information content (AvgIpc) is 3.48. The molecule has 0 amide bonds. The van der Waals surface area contributed by atoms with E-state index in [-0.39, 0.29) is 0 Å². The van der Waals surface area contributed by atoms with Gasteiger partial charge >= 0.3 is 0 Å². The largest absolute Gasteiger partial charge is 0.346 e. The standard InChI is InChI=1S/C27H34N6/c1-30(17-25-8-5-12-31(19-25)18-23-6-3-2-4-7-23)14-15-32-13-11-26-16-24(9-10-27(26)32)20-33-22-28-21-29-33/h2-4,6-7,9-11,13,16,21-22,25H,5,8,12,14-15,17-20H2,1H3. The van der Waals surface area contributed by atoms with Crippen molar-refractivity contribution in [1.29, 1.82) is 0 Å². The van der Waals surface area contributed by atoms with E-state index in [2.05, 4.69) is 92.3 Å². The first-order valence-electron chi connectivity index (χ1n) is 12.1. The third-order valence-electron chi connectivity index (χ3n) is 6.79. The smallest absolute Gasteiger partial charge is 0.137 e. The summed E-state index contributed by atoms with van der Waals surface area (Å²) in [5.41, 5.74) is 3.98. The normalized spacial score (nSPS) is 17.2. The van der Waals surface area contributed by atoms with Gasteiger partial charge in [-0.2, -0.15) is 5.10 Å². The zero-order valence-electron chi connectivity index (χ0n) is 19.6. The fourth-order valence-corrected chi connectivity index (χ4v) is 5.14. The average molecular weight is 443 g/mol. The maximum atomic E-state index is 4.21. The van der Waals surface area contributed by atoms with E-state index in [1.807, 2.05) is 4.68 Å². The van der Waals surface area contributed by atoms with Gasteiger partial charge in [-0.15, -0.1) is 0 Å². The summed E-state index contributed by atoms with van der Waals surface area (Å²) in [5.74, 6) is 0.758. The first-order valence-corrected chi connectivity index (χ1v) is 12.1. The van der Waals surface area contributed by atoms with Crippen LogP contribution in [0.25, 0.3) is 10.9 Å². The summed E-state index contributed by atoms with van der Waals surface area (Å²) in [6, 6.07) is 19.8. The minimum atomic E-state index is 0.756. The van der Waals surface area contributed by atoms with Gasteiger partial charge in [0.1, 0.15) is 12.7 Å². The van der Waals surface area contributed by atoms with Crippen molar-refractivity contribution in [3.05, 3.63) is 84.6 Å². The highest BCUT2D eigenvalue weighted by molar-refractivity contribution is 5.80. The molecule has 1 unspecified atom stereocenters. The molecule has 1 aliphatic rings. The van der Waals surface area contributed by atoms with Crippen molar-refractivity contribution in [3.63, 3.8) is 0 Å². The molecule has 0 aliphatic carbocycles. The molecule has 2 aromatic heterocycles. The quantitative estimate of drug-likeness (QED) is 0.391. The van der Waals surface area contributed by atoms with Crippen LogP contribution in [-0.4, -0.2) is 62.4 Å². The summed E-state index contributed by atoms with van der Waals surface area (Å²) in [7, 11) is 2.28. The number of hydrogen-bond acceptors (Lipinski definition) is 4. The number of rotatable bonds is 9. The van der Waals surface area contributed by atoms with Crippen LogP contribution in [0, 0.1) is 5.92 Å². The minimum Gasteiger partial charge on any atom is -0.346 e. The molecule has 1 saturated heterocycles. The van der Waals surface area contributed by atoms with Crippen molar-refractivity contribution in [1.82, 2.24) is 29.1 Å². The van der Waals surface area contributed by atoms with Crippen molar-refractivity contribution < 1.29 is 0 Å². The van der Waals surface area contributed by atoms with Gasteiger partial charge in [0.2, 0.25) is 0 Å². The molecule has 6 heteroatoms. The third-order valence-corrected chi connectivity index (χ3v) is 6.79. The number of piperidine rings is 1. The van der Waals surface area contributed by atoms with Crippen LogP contribution >= 0.6 is 0 Å². The molecule has 33 heavy (non-hydrogen) atoms. The van der Waals surface area contributed by atoms with Gasteiger partial charge in [0.05, 0.1) is 6.54 Å². The second-order valence-electron chi connectivity index (χ2n) is 9.49. The zero-order valence-corrected chi connectivity index (χ0v) is 19.6. The molecule has 6 nitrogen and oxygen atoms in total. The summed E-state index contributed by atoms with van der Waals surface area (Å²) >= 11 is 0. The fraction of sp³-hybridized carbons (Fsp3) is 0.407. The lowest BCUT2D eigenvalue weighted by molar-refractivity contribution is 0.136. The molecule has 0 radical (unpaired) electrons. The van der Waals surface area contributed by atoms with Gasteiger partial charge in [0.25, 0.3) is 0 Å². The van der Waals surface area contributed by atoms with Gasteiger partial charge in [-0.3, -0.25) is 4.90 Å². The number of likely N-dealkylation sites (N-methyl/N-ethyl adjacent to an activating group) is 1. The molecule has 0 spiro atoms. The highest BCUT2D eigenvalue weighted by atomic mass is 15.3. The van der Waals surface area contributed by atoms with Gasteiger partial charge < -0.3 is 9.47 Å². The summed E-state index contributed by atoms with van der Waals surface area (Å²) in [6.45, 7) is 7.53. The van der Waals surface area contributed by atoms with Crippen molar-refractivity contribution in [2.24, 2.45) is 5.92 Å². The Morgan fingerprint density at radius 2 is 1.94 bits per heavy atom. The molecule has 2 aromatic carbocycles. The number of nitrogens with zero attached hydrogens (tertiary/aromatic N) is 6. The molecule has 1 atom stereocenters. The lowest BCUT2D eigenvalue weighted by atomic mass is 9.97. The Hall–Kier alpha value is -2.96. The van der Waals surface area contributed by atoms with Crippen molar-refractivity contribution in [3.8, 4) is 0 Å². The predicted octanol–water partition coefficient (Wildman–Crippen LogP) is 4.13. The van der Waals surface area contributed by atoms with E-state index in [4.69, 9.17) is 0 Å². The van der Waals surface area contributed by atoms with E-state index in [9.17, 15) is 0 Å². The molecule has 5 rings (SSSR count). The van der Waals surface area contributed by atoms with Gasteiger partial charge in [0, 0.05) is 44.4 Å². The molecule has 1 aliphatic heterocycles. The van der Waals surface area contributed by atoms with E-state index >= 15 is 0 Å². The minimum absolute atomic E-state index is 0.756. The molecule has 4 aromatic rings. The van der Waals surface area contributed by atoms with Crippen LogP contribution in [0.3, 0.4) is 0 Å². The topological polar surface area (TPSA) is 42.1 Å². The Balaban J connectivity index is 1.12. The van der Waals surface area contributed by atoms with E-state index < -0.39 is 0 Å². The van der Waals surface area contributed by atoms with E-state index in [1.165, 1.54) is 54.5 Å².